The van der Waals surface area contributed by atoms with Crippen molar-refractivity contribution in [1.82, 2.24) is 15.3 Å². The fourth-order valence-corrected chi connectivity index (χ4v) is 4.23. The van der Waals surface area contributed by atoms with Gasteiger partial charge < -0.3 is 10.2 Å². The van der Waals surface area contributed by atoms with Crippen molar-refractivity contribution in [3.05, 3.63) is 64.2 Å². The van der Waals surface area contributed by atoms with Gasteiger partial charge in [0.2, 0.25) is 5.91 Å². The molecule has 0 fully saturated rings. The lowest BCUT2D eigenvalue weighted by molar-refractivity contribution is -0.145. The maximum absolute atomic E-state index is 13.3. The second-order valence-corrected chi connectivity index (χ2v) is 9.62. The number of rotatable bonds is 10. The molecule has 0 atom stereocenters. The van der Waals surface area contributed by atoms with Gasteiger partial charge >= 0.3 is 0 Å². The SMILES string of the molecule is Cc1ccc(Cl)cc1N(CC(=O)NCCCC(C)C)CC(=O)N(C)N1Cc2ccccc2C1. The first kappa shape index (κ1) is 25.1. The number of likely N-dealkylation sites (N-methyl/N-ethyl adjacent to an activating group) is 1. The van der Waals surface area contributed by atoms with E-state index in [0.717, 1.165) is 24.1 Å². The van der Waals surface area contributed by atoms with E-state index in [1.807, 2.05) is 47.2 Å². The van der Waals surface area contributed by atoms with Crippen LogP contribution in [0.2, 0.25) is 5.02 Å². The summed E-state index contributed by atoms with van der Waals surface area (Å²) >= 11 is 6.25. The first-order chi connectivity index (χ1) is 15.7. The third-order valence-corrected chi connectivity index (χ3v) is 6.30. The third kappa shape index (κ3) is 6.95. The van der Waals surface area contributed by atoms with Gasteiger partial charge in [-0.3, -0.25) is 14.6 Å². The molecule has 6 nitrogen and oxygen atoms in total. The molecule has 0 saturated heterocycles. The summed E-state index contributed by atoms with van der Waals surface area (Å²) in [6, 6.07) is 13.8. The van der Waals surface area contributed by atoms with Gasteiger partial charge in [-0.2, -0.15) is 0 Å². The number of nitrogens with one attached hydrogen (secondary N) is 1. The molecular formula is C26H35ClN4O2. The highest BCUT2D eigenvalue weighted by Gasteiger charge is 2.27. The van der Waals surface area contributed by atoms with Crippen LogP contribution in [0.1, 0.15) is 43.4 Å². The number of fused-ring (bicyclic) bond motifs is 1. The summed E-state index contributed by atoms with van der Waals surface area (Å²) in [5, 5.41) is 7.27. The highest BCUT2D eigenvalue weighted by molar-refractivity contribution is 6.30. The number of halogens is 1. The van der Waals surface area contributed by atoms with Crippen LogP contribution in [0.4, 0.5) is 5.69 Å². The van der Waals surface area contributed by atoms with E-state index in [2.05, 4.69) is 31.3 Å². The van der Waals surface area contributed by atoms with Gasteiger partial charge in [-0.1, -0.05) is 55.8 Å². The number of hydrogen-bond acceptors (Lipinski definition) is 4. The maximum atomic E-state index is 13.3. The van der Waals surface area contributed by atoms with Crippen molar-refractivity contribution in [2.45, 2.75) is 46.7 Å². The van der Waals surface area contributed by atoms with Gasteiger partial charge in [-0.25, -0.2) is 5.01 Å². The minimum absolute atomic E-state index is 0.0743. The molecule has 1 heterocycles. The molecule has 1 aliphatic rings. The normalized spacial score (nSPS) is 13.2. The molecule has 7 heteroatoms. The number of benzene rings is 2. The number of anilines is 1. The lowest BCUT2D eigenvalue weighted by atomic mass is 10.1. The molecule has 2 aromatic rings. The summed E-state index contributed by atoms with van der Waals surface area (Å²) in [4.78, 5) is 27.8. The molecule has 2 aromatic carbocycles. The van der Waals surface area contributed by atoms with Crippen LogP contribution < -0.4 is 10.2 Å². The second kappa shape index (κ2) is 11.5. The van der Waals surface area contributed by atoms with Crippen molar-refractivity contribution in [2.75, 3.05) is 31.6 Å². The van der Waals surface area contributed by atoms with E-state index in [-0.39, 0.29) is 24.9 Å². The third-order valence-electron chi connectivity index (χ3n) is 6.06. The van der Waals surface area contributed by atoms with E-state index < -0.39 is 0 Å². The zero-order chi connectivity index (χ0) is 24.0. The van der Waals surface area contributed by atoms with Crippen LogP contribution in [-0.2, 0) is 22.7 Å². The molecule has 2 amide bonds. The van der Waals surface area contributed by atoms with E-state index in [1.54, 1.807) is 12.1 Å². The summed E-state index contributed by atoms with van der Waals surface area (Å²) in [7, 11) is 1.79. The van der Waals surface area contributed by atoms with Crippen LogP contribution in [0, 0.1) is 12.8 Å². The smallest absolute Gasteiger partial charge is 0.256 e. The molecule has 0 saturated carbocycles. The van der Waals surface area contributed by atoms with Crippen molar-refractivity contribution < 1.29 is 9.59 Å². The van der Waals surface area contributed by atoms with Crippen LogP contribution in [-0.4, -0.2) is 48.5 Å². The molecule has 0 unspecified atom stereocenters. The largest absolute Gasteiger partial charge is 0.355 e. The molecular weight excluding hydrogens is 436 g/mol. The Balaban J connectivity index is 1.68. The molecule has 0 aromatic heterocycles. The second-order valence-electron chi connectivity index (χ2n) is 9.18. The topological polar surface area (TPSA) is 55.9 Å². The zero-order valence-corrected chi connectivity index (χ0v) is 20.9. The number of aryl methyl sites for hydroxylation is 1. The zero-order valence-electron chi connectivity index (χ0n) is 20.1. The molecule has 0 spiro atoms. The molecule has 0 bridgehead atoms. The highest BCUT2D eigenvalue weighted by Crippen LogP contribution is 2.26. The Bertz CT molecular complexity index is 954. The van der Waals surface area contributed by atoms with E-state index in [0.29, 0.717) is 30.6 Å². The number of nitrogens with zero attached hydrogens (tertiary/aromatic N) is 3. The quantitative estimate of drug-likeness (QED) is 0.523. The average molecular weight is 471 g/mol. The Labute approximate surface area is 202 Å². The van der Waals surface area contributed by atoms with Crippen LogP contribution in [0.25, 0.3) is 0 Å². The molecule has 178 valence electrons. The summed E-state index contributed by atoms with van der Waals surface area (Å²) in [5.74, 6) is 0.439. The predicted octanol–water partition coefficient (Wildman–Crippen LogP) is 4.40. The van der Waals surface area contributed by atoms with Crippen molar-refractivity contribution in [3.8, 4) is 0 Å². The molecule has 1 aliphatic heterocycles. The Morgan fingerprint density at radius 1 is 1.09 bits per heavy atom. The van der Waals surface area contributed by atoms with Gasteiger partial charge in [0.25, 0.3) is 5.91 Å². The lowest BCUT2D eigenvalue weighted by Gasteiger charge is -2.32. The Hall–Kier alpha value is -2.57. The fourth-order valence-electron chi connectivity index (χ4n) is 4.07. The molecule has 33 heavy (non-hydrogen) atoms. The summed E-state index contributed by atoms with van der Waals surface area (Å²) < 4.78 is 0. The molecule has 3 rings (SSSR count). The van der Waals surface area contributed by atoms with Gasteiger partial charge in [-0.15, -0.1) is 0 Å². The predicted molar refractivity (Wildman–Crippen MR) is 134 cm³/mol. The van der Waals surface area contributed by atoms with Crippen molar-refractivity contribution >= 4 is 29.1 Å². The number of amides is 2. The van der Waals surface area contributed by atoms with Gasteiger partial charge in [0.05, 0.1) is 13.1 Å². The Morgan fingerprint density at radius 2 is 1.76 bits per heavy atom. The minimum atomic E-state index is -0.0952. The van der Waals surface area contributed by atoms with E-state index in [4.69, 9.17) is 11.6 Å². The molecule has 1 N–H and O–H groups in total. The van der Waals surface area contributed by atoms with Gasteiger partial charge in [0.1, 0.15) is 0 Å². The van der Waals surface area contributed by atoms with Crippen LogP contribution >= 0.6 is 11.6 Å². The molecule has 0 radical (unpaired) electrons. The van der Waals surface area contributed by atoms with Crippen molar-refractivity contribution in [3.63, 3.8) is 0 Å². The molecule has 0 aliphatic carbocycles. The number of carbonyl (C=O) groups is 2. The first-order valence-corrected chi connectivity index (χ1v) is 12.0. The summed E-state index contributed by atoms with van der Waals surface area (Å²) in [6.45, 7) is 8.53. The van der Waals surface area contributed by atoms with Gasteiger partial charge in [0, 0.05) is 37.4 Å². The Morgan fingerprint density at radius 3 is 2.39 bits per heavy atom. The van der Waals surface area contributed by atoms with Crippen LogP contribution in [0.5, 0.6) is 0 Å². The monoisotopic (exact) mass is 470 g/mol. The van der Waals surface area contributed by atoms with E-state index >= 15 is 0 Å². The minimum Gasteiger partial charge on any atom is -0.355 e. The van der Waals surface area contributed by atoms with Gasteiger partial charge in [0.15, 0.2) is 0 Å². The number of hydrazine groups is 1. The fraction of sp³-hybridized carbons (Fsp3) is 0.462. The number of carbonyl (C=O) groups excluding carboxylic acids is 2. The number of hydrogen-bond donors (Lipinski definition) is 1. The standard InChI is InChI=1S/C26H35ClN4O2/c1-19(2)8-7-13-28-25(32)17-30(24-14-23(27)12-11-20(24)3)18-26(33)29(4)31-15-21-9-5-6-10-22(21)16-31/h5-6,9-12,14,19H,7-8,13,15-18H2,1-4H3,(H,28,32). The van der Waals surface area contributed by atoms with Crippen LogP contribution in [0.3, 0.4) is 0 Å². The van der Waals surface area contributed by atoms with Crippen LogP contribution in [0.15, 0.2) is 42.5 Å². The maximum Gasteiger partial charge on any atom is 0.256 e. The average Bonchev–Trinajstić information content (AvgIpc) is 3.21. The van der Waals surface area contributed by atoms with Crippen molar-refractivity contribution in [2.24, 2.45) is 5.92 Å². The summed E-state index contributed by atoms with van der Waals surface area (Å²) in [6.07, 6.45) is 2.01. The summed E-state index contributed by atoms with van der Waals surface area (Å²) in [5.41, 5.74) is 4.24. The van der Waals surface area contributed by atoms with Gasteiger partial charge in [-0.05, 0) is 54.5 Å². The first-order valence-electron chi connectivity index (χ1n) is 11.6. The Kier molecular flexibility index (Phi) is 8.75. The van der Waals surface area contributed by atoms with E-state index in [9.17, 15) is 9.59 Å². The van der Waals surface area contributed by atoms with Crippen molar-refractivity contribution in [1.29, 1.82) is 0 Å². The lowest BCUT2D eigenvalue weighted by Crippen LogP contribution is -2.48. The highest BCUT2D eigenvalue weighted by atomic mass is 35.5. The van der Waals surface area contributed by atoms with E-state index in [1.165, 1.54) is 11.1 Å².